The highest BCUT2D eigenvalue weighted by molar-refractivity contribution is 7.12. The van der Waals surface area contributed by atoms with Gasteiger partial charge in [-0.05, 0) is 19.3 Å². The molecule has 16 heavy (non-hydrogen) atoms. The number of nitrogens with one attached hydrogen (secondary N) is 1. The molecule has 1 saturated carbocycles. The van der Waals surface area contributed by atoms with Crippen LogP contribution in [0.3, 0.4) is 0 Å². The number of carbonyl (C=O) groups is 1. The van der Waals surface area contributed by atoms with Crippen molar-refractivity contribution < 1.29 is 9.53 Å². The Morgan fingerprint density at radius 3 is 3.00 bits per heavy atom. The van der Waals surface area contributed by atoms with Crippen LogP contribution in [0.2, 0.25) is 0 Å². The number of methoxy groups -OCH3 is 1. The van der Waals surface area contributed by atoms with E-state index in [0.717, 1.165) is 25.0 Å². The van der Waals surface area contributed by atoms with Crippen LogP contribution in [0.5, 0.6) is 5.75 Å². The standard InChI is InChI=1S/C11H14ClNO2S/c1-15-7-5-10(16-6-7)11(14)13-9-4-2-3-8(9)12/h5-6,8-9H,2-4H2,1H3,(H,13,14). The second kappa shape index (κ2) is 5.06. The van der Waals surface area contributed by atoms with Crippen molar-refractivity contribution in [3.05, 3.63) is 16.3 Å². The molecule has 0 bridgehead atoms. The van der Waals surface area contributed by atoms with Gasteiger partial charge in [-0.25, -0.2) is 0 Å². The molecule has 1 aromatic heterocycles. The van der Waals surface area contributed by atoms with Gasteiger partial charge in [0.15, 0.2) is 0 Å². The summed E-state index contributed by atoms with van der Waals surface area (Å²) in [6.45, 7) is 0. The quantitative estimate of drug-likeness (QED) is 0.848. The zero-order valence-corrected chi connectivity index (χ0v) is 10.6. The largest absolute Gasteiger partial charge is 0.496 e. The van der Waals surface area contributed by atoms with E-state index in [0.29, 0.717) is 4.88 Å². The summed E-state index contributed by atoms with van der Waals surface area (Å²) in [4.78, 5) is 12.5. The fraction of sp³-hybridized carbons (Fsp3) is 0.545. The van der Waals surface area contributed by atoms with Gasteiger partial charge in [-0.3, -0.25) is 4.79 Å². The predicted octanol–water partition coefficient (Wildman–Crippen LogP) is 2.65. The van der Waals surface area contributed by atoms with Crippen molar-refractivity contribution in [2.45, 2.75) is 30.7 Å². The molecule has 0 radical (unpaired) electrons. The molecule has 1 heterocycles. The summed E-state index contributed by atoms with van der Waals surface area (Å²) in [7, 11) is 1.59. The summed E-state index contributed by atoms with van der Waals surface area (Å²) < 4.78 is 5.04. The molecule has 2 atom stereocenters. The Bertz CT molecular complexity index is 380. The van der Waals surface area contributed by atoms with Crippen LogP contribution >= 0.6 is 22.9 Å². The molecule has 1 amide bonds. The lowest BCUT2D eigenvalue weighted by Crippen LogP contribution is -2.37. The molecule has 1 N–H and O–H groups in total. The van der Waals surface area contributed by atoms with Gasteiger partial charge in [-0.15, -0.1) is 22.9 Å². The van der Waals surface area contributed by atoms with E-state index < -0.39 is 0 Å². The van der Waals surface area contributed by atoms with Crippen molar-refractivity contribution in [2.24, 2.45) is 0 Å². The van der Waals surface area contributed by atoms with Crippen molar-refractivity contribution in [1.29, 1.82) is 0 Å². The fourth-order valence-corrected chi connectivity index (χ4v) is 2.96. The third-order valence-electron chi connectivity index (χ3n) is 2.78. The molecule has 1 fully saturated rings. The van der Waals surface area contributed by atoms with Crippen molar-refractivity contribution in [1.82, 2.24) is 5.32 Å². The Balaban J connectivity index is 1.97. The van der Waals surface area contributed by atoms with Crippen molar-refractivity contribution in [2.75, 3.05) is 7.11 Å². The van der Waals surface area contributed by atoms with E-state index >= 15 is 0 Å². The monoisotopic (exact) mass is 259 g/mol. The van der Waals surface area contributed by atoms with Crippen LogP contribution in [0, 0.1) is 0 Å². The van der Waals surface area contributed by atoms with Gasteiger partial charge in [0.1, 0.15) is 5.75 Å². The third-order valence-corrected chi connectivity index (χ3v) is 4.21. The van der Waals surface area contributed by atoms with E-state index in [-0.39, 0.29) is 17.3 Å². The molecule has 5 heteroatoms. The predicted molar refractivity (Wildman–Crippen MR) is 65.6 cm³/mol. The lowest BCUT2D eigenvalue weighted by molar-refractivity contribution is 0.0942. The zero-order valence-electron chi connectivity index (χ0n) is 9.03. The Kier molecular flexibility index (Phi) is 3.71. The highest BCUT2D eigenvalue weighted by Crippen LogP contribution is 2.25. The molecule has 0 aromatic carbocycles. The van der Waals surface area contributed by atoms with Gasteiger partial charge in [-0.1, -0.05) is 0 Å². The van der Waals surface area contributed by atoms with Crippen molar-refractivity contribution in [3.8, 4) is 5.75 Å². The van der Waals surface area contributed by atoms with Gasteiger partial charge >= 0.3 is 0 Å². The van der Waals surface area contributed by atoms with E-state index in [1.54, 1.807) is 13.2 Å². The molecule has 1 aromatic rings. The third kappa shape index (κ3) is 2.50. The maximum absolute atomic E-state index is 11.9. The molecule has 88 valence electrons. The number of thiophene rings is 1. The van der Waals surface area contributed by atoms with Crippen LogP contribution < -0.4 is 10.1 Å². The van der Waals surface area contributed by atoms with E-state index in [1.807, 2.05) is 5.38 Å². The van der Waals surface area contributed by atoms with Gasteiger partial charge in [0.05, 0.1) is 17.4 Å². The van der Waals surface area contributed by atoms with E-state index in [1.165, 1.54) is 11.3 Å². The maximum atomic E-state index is 11.9. The Hall–Kier alpha value is -0.740. The first-order chi connectivity index (χ1) is 7.70. The first-order valence-electron chi connectivity index (χ1n) is 5.28. The Morgan fingerprint density at radius 1 is 1.62 bits per heavy atom. The van der Waals surface area contributed by atoms with E-state index in [2.05, 4.69) is 5.32 Å². The lowest BCUT2D eigenvalue weighted by Gasteiger charge is -2.14. The smallest absolute Gasteiger partial charge is 0.261 e. The van der Waals surface area contributed by atoms with Gasteiger partial charge < -0.3 is 10.1 Å². The first kappa shape index (κ1) is 11.7. The molecule has 2 unspecified atom stereocenters. The normalized spacial score (nSPS) is 24.4. The van der Waals surface area contributed by atoms with Crippen molar-refractivity contribution >= 4 is 28.8 Å². The van der Waals surface area contributed by atoms with Crippen LogP contribution in [0.15, 0.2) is 11.4 Å². The van der Waals surface area contributed by atoms with Crippen LogP contribution in [0.1, 0.15) is 28.9 Å². The molecule has 3 nitrogen and oxygen atoms in total. The summed E-state index contributed by atoms with van der Waals surface area (Å²) in [5.41, 5.74) is 0. The molecular formula is C11H14ClNO2S. The number of hydrogen-bond donors (Lipinski definition) is 1. The number of halogens is 1. The summed E-state index contributed by atoms with van der Waals surface area (Å²) in [6.07, 6.45) is 3.05. The minimum Gasteiger partial charge on any atom is -0.496 e. The number of amides is 1. The van der Waals surface area contributed by atoms with Crippen LogP contribution in [-0.4, -0.2) is 24.4 Å². The number of rotatable bonds is 3. The zero-order chi connectivity index (χ0) is 11.5. The maximum Gasteiger partial charge on any atom is 0.261 e. The summed E-state index contributed by atoms with van der Waals surface area (Å²) in [5, 5.41) is 4.86. The fourth-order valence-electron chi connectivity index (χ4n) is 1.86. The average molecular weight is 260 g/mol. The number of alkyl halides is 1. The molecular weight excluding hydrogens is 246 g/mol. The van der Waals surface area contributed by atoms with Gasteiger partial charge in [-0.2, -0.15) is 0 Å². The minimum absolute atomic E-state index is 0.0501. The first-order valence-corrected chi connectivity index (χ1v) is 6.60. The highest BCUT2D eigenvalue weighted by atomic mass is 35.5. The van der Waals surface area contributed by atoms with Gasteiger partial charge in [0.2, 0.25) is 0 Å². The Morgan fingerprint density at radius 2 is 2.44 bits per heavy atom. The summed E-state index contributed by atoms with van der Waals surface area (Å²) in [5.74, 6) is 0.676. The second-order valence-corrected chi connectivity index (χ2v) is 5.35. The Labute approximate surface area is 104 Å². The molecule has 1 aliphatic rings. The lowest BCUT2D eigenvalue weighted by atomic mass is 10.2. The molecule has 0 aliphatic heterocycles. The summed E-state index contributed by atoms with van der Waals surface area (Å²) in [6, 6.07) is 1.86. The summed E-state index contributed by atoms with van der Waals surface area (Å²) >= 11 is 7.49. The number of hydrogen-bond acceptors (Lipinski definition) is 3. The molecule has 1 aliphatic carbocycles. The topological polar surface area (TPSA) is 38.3 Å². The highest BCUT2D eigenvalue weighted by Gasteiger charge is 2.27. The van der Waals surface area contributed by atoms with E-state index in [9.17, 15) is 4.79 Å². The molecule has 0 spiro atoms. The number of ether oxygens (including phenoxy) is 1. The van der Waals surface area contributed by atoms with Crippen molar-refractivity contribution in [3.63, 3.8) is 0 Å². The minimum atomic E-state index is -0.0501. The molecule has 2 rings (SSSR count). The van der Waals surface area contributed by atoms with Crippen LogP contribution in [-0.2, 0) is 0 Å². The van der Waals surface area contributed by atoms with Gasteiger partial charge in [0.25, 0.3) is 5.91 Å². The van der Waals surface area contributed by atoms with E-state index in [4.69, 9.17) is 16.3 Å². The van der Waals surface area contributed by atoms with Gasteiger partial charge in [0, 0.05) is 17.5 Å². The van der Waals surface area contributed by atoms with Crippen LogP contribution in [0.4, 0.5) is 0 Å². The number of carbonyl (C=O) groups excluding carboxylic acids is 1. The van der Waals surface area contributed by atoms with Crippen LogP contribution in [0.25, 0.3) is 0 Å². The second-order valence-electron chi connectivity index (χ2n) is 3.88. The molecule has 0 saturated heterocycles. The SMILES string of the molecule is COc1csc(C(=O)NC2CCCC2Cl)c1. The average Bonchev–Trinajstić information content (AvgIpc) is 2.88.